The van der Waals surface area contributed by atoms with Crippen LogP contribution in [0.1, 0.15) is 36.8 Å². The van der Waals surface area contributed by atoms with E-state index in [0.29, 0.717) is 0 Å². The molecule has 0 unspecified atom stereocenters. The minimum absolute atomic E-state index is 0. The summed E-state index contributed by atoms with van der Waals surface area (Å²) in [5.74, 6) is -0.106. The summed E-state index contributed by atoms with van der Waals surface area (Å²) >= 11 is 0. The SMILES string of the molecule is Br.Br.Oc1ccc(CCNCCCCCCNCCc2ccc(-c3ccccc3)cc2)cc1O. The fraction of sp³-hybridized carbons (Fsp3) is 0.357. The summed E-state index contributed by atoms with van der Waals surface area (Å²) in [5, 5.41) is 25.9. The average Bonchev–Trinajstić information content (AvgIpc) is 2.83. The van der Waals surface area contributed by atoms with E-state index in [1.807, 2.05) is 6.07 Å². The second kappa shape index (κ2) is 17.6. The molecule has 0 atom stereocenters. The van der Waals surface area contributed by atoms with Crippen LogP contribution >= 0.6 is 34.0 Å². The lowest BCUT2D eigenvalue weighted by atomic mass is 10.0. The Morgan fingerprint density at radius 3 is 1.62 bits per heavy atom. The fourth-order valence-electron chi connectivity index (χ4n) is 3.79. The van der Waals surface area contributed by atoms with Crippen LogP contribution in [-0.2, 0) is 12.8 Å². The van der Waals surface area contributed by atoms with Gasteiger partial charge in [-0.3, -0.25) is 0 Å². The molecule has 0 bridgehead atoms. The largest absolute Gasteiger partial charge is 0.504 e. The molecule has 0 aliphatic carbocycles. The van der Waals surface area contributed by atoms with Gasteiger partial charge in [0, 0.05) is 0 Å². The Kier molecular flexibility index (Phi) is 15.6. The van der Waals surface area contributed by atoms with Crippen molar-refractivity contribution >= 4 is 34.0 Å². The highest BCUT2D eigenvalue weighted by molar-refractivity contribution is 8.93. The van der Waals surface area contributed by atoms with Gasteiger partial charge in [0.15, 0.2) is 11.5 Å². The van der Waals surface area contributed by atoms with Crippen molar-refractivity contribution in [1.82, 2.24) is 10.6 Å². The first-order chi connectivity index (χ1) is 15.7. The van der Waals surface area contributed by atoms with Crippen LogP contribution < -0.4 is 10.6 Å². The van der Waals surface area contributed by atoms with Gasteiger partial charge in [-0.1, -0.05) is 73.5 Å². The van der Waals surface area contributed by atoms with Crippen LogP contribution in [0.4, 0.5) is 0 Å². The Hall–Kier alpha value is -1.86. The number of hydrogen-bond acceptors (Lipinski definition) is 4. The maximum atomic E-state index is 9.51. The topological polar surface area (TPSA) is 64.5 Å². The molecular formula is C28H38Br2N2O2. The van der Waals surface area contributed by atoms with Crippen molar-refractivity contribution in [3.63, 3.8) is 0 Å². The van der Waals surface area contributed by atoms with Crippen molar-refractivity contribution < 1.29 is 10.2 Å². The predicted molar refractivity (Wildman–Crippen MR) is 154 cm³/mol. The zero-order valence-corrected chi connectivity index (χ0v) is 23.1. The molecule has 4 N–H and O–H groups in total. The maximum Gasteiger partial charge on any atom is 0.157 e. The van der Waals surface area contributed by atoms with E-state index in [4.69, 9.17) is 0 Å². The van der Waals surface area contributed by atoms with E-state index in [0.717, 1.165) is 44.6 Å². The van der Waals surface area contributed by atoms with Crippen molar-refractivity contribution in [3.05, 3.63) is 83.9 Å². The van der Waals surface area contributed by atoms with E-state index in [2.05, 4.69) is 65.2 Å². The smallest absolute Gasteiger partial charge is 0.157 e. The highest BCUT2D eigenvalue weighted by Crippen LogP contribution is 2.24. The lowest BCUT2D eigenvalue weighted by molar-refractivity contribution is 0.403. The highest BCUT2D eigenvalue weighted by atomic mass is 79.9. The molecule has 4 nitrogen and oxygen atoms in total. The molecule has 3 aromatic rings. The molecule has 0 aromatic heterocycles. The lowest BCUT2D eigenvalue weighted by Crippen LogP contribution is -2.19. The van der Waals surface area contributed by atoms with Gasteiger partial charge < -0.3 is 20.8 Å². The first-order valence-corrected chi connectivity index (χ1v) is 11.8. The molecule has 0 amide bonds. The van der Waals surface area contributed by atoms with E-state index in [-0.39, 0.29) is 45.5 Å². The third-order valence-corrected chi connectivity index (χ3v) is 5.74. The molecule has 0 aliphatic heterocycles. The van der Waals surface area contributed by atoms with E-state index < -0.39 is 0 Å². The summed E-state index contributed by atoms with van der Waals surface area (Å²) < 4.78 is 0. The van der Waals surface area contributed by atoms with Gasteiger partial charge in [-0.2, -0.15) is 0 Å². The number of rotatable bonds is 14. The quantitative estimate of drug-likeness (QED) is 0.128. The normalized spacial score (nSPS) is 10.4. The lowest BCUT2D eigenvalue weighted by Gasteiger charge is -2.07. The Balaban J connectivity index is 0.00000289. The minimum Gasteiger partial charge on any atom is -0.504 e. The van der Waals surface area contributed by atoms with E-state index >= 15 is 0 Å². The van der Waals surface area contributed by atoms with Crippen LogP contribution in [0.5, 0.6) is 11.5 Å². The van der Waals surface area contributed by atoms with Crippen LogP contribution in [0.15, 0.2) is 72.8 Å². The summed E-state index contributed by atoms with van der Waals surface area (Å²) in [6.07, 6.45) is 6.83. The molecular weight excluding hydrogens is 556 g/mol. The molecule has 0 spiro atoms. The van der Waals surface area contributed by atoms with Crippen LogP contribution in [0, 0.1) is 0 Å². The number of benzene rings is 3. The van der Waals surface area contributed by atoms with Crippen LogP contribution in [-0.4, -0.2) is 36.4 Å². The summed E-state index contributed by atoms with van der Waals surface area (Å²) in [6, 6.07) is 24.4. The van der Waals surface area contributed by atoms with Crippen molar-refractivity contribution in [3.8, 4) is 22.6 Å². The van der Waals surface area contributed by atoms with Gasteiger partial charge >= 0.3 is 0 Å². The highest BCUT2D eigenvalue weighted by Gasteiger charge is 2.01. The van der Waals surface area contributed by atoms with Gasteiger partial charge in [-0.25, -0.2) is 0 Å². The Morgan fingerprint density at radius 1 is 0.500 bits per heavy atom. The Labute approximate surface area is 225 Å². The third kappa shape index (κ3) is 11.0. The molecule has 186 valence electrons. The van der Waals surface area contributed by atoms with Crippen molar-refractivity contribution in [2.75, 3.05) is 26.2 Å². The monoisotopic (exact) mass is 592 g/mol. The first-order valence-electron chi connectivity index (χ1n) is 11.8. The van der Waals surface area contributed by atoms with E-state index in [9.17, 15) is 10.2 Å². The van der Waals surface area contributed by atoms with Gasteiger partial charge in [0.05, 0.1) is 0 Å². The number of aromatic hydroxyl groups is 2. The molecule has 3 rings (SSSR count). The fourth-order valence-corrected chi connectivity index (χ4v) is 3.79. The second-order valence-corrected chi connectivity index (χ2v) is 8.30. The summed E-state index contributed by atoms with van der Waals surface area (Å²) in [5.41, 5.74) is 4.96. The maximum absolute atomic E-state index is 9.51. The van der Waals surface area contributed by atoms with Crippen LogP contribution in [0.3, 0.4) is 0 Å². The second-order valence-electron chi connectivity index (χ2n) is 8.30. The van der Waals surface area contributed by atoms with Crippen molar-refractivity contribution in [2.45, 2.75) is 38.5 Å². The average molecular weight is 594 g/mol. The van der Waals surface area contributed by atoms with Gasteiger partial charge in [0.1, 0.15) is 0 Å². The van der Waals surface area contributed by atoms with E-state index in [1.165, 1.54) is 42.4 Å². The molecule has 0 aliphatic rings. The number of phenolic OH excluding ortho intramolecular Hbond substituents is 2. The van der Waals surface area contributed by atoms with Gasteiger partial charge in [0.2, 0.25) is 0 Å². The number of phenols is 2. The molecule has 34 heavy (non-hydrogen) atoms. The van der Waals surface area contributed by atoms with Gasteiger partial charge in [-0.15, -0.1) is 34.0 Å². The molecule has 6 heteroatoms. The van der Waals surface area contributed by atoms with Crippen LogP contribution in [0.25, 0.3) is 11.1 Å². The Bertz CT molecular complexity index is 921. The summed E-state index contributed by atoms with van der Waals surface area (Å²) in [4.78, 5) is 0. The Morgan fingerprint density at radius 2 is 1.03 bits per heavy atom. The summed E-state index contributed by atoms with van der Waals surface area (Å²) in [7, 11) is 0. The summed E-state index contributed by atoms with van der Waals surface area (Å²) in [6.45, 7) is 4.02. The van der Waals surface area contributed by atoms with Gasteiger partial charge in [0.25, 0.3) is 0 Å². The van der Waals surface area contributed by atoms with E-state index in [1.54, 1.807) is 12.1 Å². The molecule has 0 saturated heterocycles. The zero-order chi connectivity index (χ0) is 22.4. The van der Waals surface area contributed by atoms with Gasteiger partial charge in [-0.05, 0) is 86.2 Å². The molecule has 3 aromatic carbocycles. The third-order valence-electron chi connectivity index (χ3n) is 5.74. The number of hydrogen-bond donors (Lipinski definition) is 4. The van der Waals surface area contributed by atoms with Crippen LogP contribution in [0.2, 0.25) is 0 Å². The first kappa shape index (κ1) is 30.2. The zero-order valence-electron chi connectivity index (χ0n) is 19.7. The number of halogens is 2. The standard InChI is InChI=1S/C28H36N2O2.2BrH/c31-27-15-12-24(22-28(27)32)17-21-30-19-7-2-1-6-18-29-20-16-23-10-13-26(14-11-23)25-8-4-3-5-9-25;;/h3-5,8-15,22,29-32H,1-2,6-7,16-21H2;2*1H. The van der Waals surface area contributed by atoms with Crippen molar-refractivity contribution in [1.29, 1.82) is 0 Å². The number of nitrogens with one attached hydrogen (secondary N) is 2. The number of unbranched alkanes of at least 4 members (excludes halogenated alkanes) is 3. The predicted octanol–water partition coefficient (Wildman–Crippen LogP) is 6.45. The minimum atomic E-state index is -0.0614. The molecule has 0 radical (unpaired) electrons. The van der Waals surface area contributed by atoms with Crippen molar-refractivity contribution in [2.24, 2.45) is 0 Å². The molecule has 0 fully saturated rings. The molecule has 0 saturated carbocycles. The molecule has 0 heterocycles.